The lowest BCUT2D eigenvalue weighted by Gasteiger charge is -2.22. The summed E-state index contributed by atoms with van der Waals surface area (Å²) in [5.74, 6) is 0. The van der Waals surface area contributed by atoms with Gasteiger partial charge in [-0.1, -0.05) is 58.4 Å². The van der Waals surface area contributed by atoms with Gasteiger partial charge in [0.15, 0.2) is 0 Å². The van der Waals surface area contributed by atoms with Gasteiger partial charge in [-0.25, -0.2) is 0 Å². The number of rotatable bonds is 2. The molecule has 1 saturated carbocycles. The molecule has 18 heavy (non-hydrogen) atoms. The van der Waals surface area contributed by atoms with Crippen LogP contribution in [0, 0.1) is 20.8 Å². The van der Waals surface area contributed by atoms with Gasteiger partial charge in [-0.15, -0.1) is 0 Å². The summed E-state index contributed by atoms with van der Waals surface area (Å²) in [6, 6.07) is 4.72. The summed E-state index contributed by atoms with van der Waals surface area (Å²) in [7, 11) is 1.04. The van der Waals surface area contributed by atoms with Gasteiger partial charge in [-0.05, 0) is 55.7 Å². The van der Waals surface area contributed by atoms with E-state index in [2.05, 4.69) is 32.9 Å². The van der Waals surface area contributed by atoms with E-state index < -0.39 is 0 Å². The highest BCUT2D eigenvalue weighted by Crippen LogP contribution is 2.32. The van der Waals surface area contributed by atoms with Crippen LogP contribution in [0.3, 0.4) is 0 Å². The average molecular weight is 262 g/mol. The second kappa shape index (κ2) is 6.71. The van der Waals surface area contributed by atoms with E-state index in [-0.39, 0.29) is 0 Å². The predicted octanol–water partition coefficient (Wildman–Crippen LogP) is 5.03. The van der Waals surface area contributed by atoms with E-state index in [9.17, 15) is 0 Å². The van der Waals surface area contributed by atoms with E-state index in [0.29, 0.717) is 0 Å². The van der Waals surface area contributed by atoms with Gasteiger partial charge in [0.2, 0.25) is 0 Å². The topological polar surface area (TPSA) is 0 Å². The van der Waals surface area contributed by atoms with Crippen LogP contribution in [0.25, 0.3) is 0 Å². The smallest absolute Gasteiger partial charge is 0.0196 e. The van der Waals surface area contributed by atoms with Crippen molar-refractivity contribution in [1.82, 2.24) is 0 Å². The molecular weight excluding hydrogens is 235 g/mol. The van der Waals surface area contributed by atoms with Crippen molar-refractivity contribution in [1.29, 1.82) is 0 Å². The zero-order valence-corrected chi connectivity index (χ0v) is 13.2. The monoisotopic (exact) mass is 262 g/mol. The molecule has 0 radical (unpaired) electrons. The molecule has 0 spiro atoms. The van der Waals surface area contributed by atoms with E-state index in [1.807, 2.05) is 0 Å². The van der Waals surface area contributed by atoms with E-state index in [1.165, 1.54) is 61.6 Å². The molecule has 1 unspecified atom stereocenters. The number of hydrogen-bond acceptors (Lipinski definition) is 0. The highest BCUT2D eigenvalue weighted by atomic mass is 31.1. The molecule has 2 rings (SSSR count). The van der Waals surface area contributed by atoms with Gasteiger partial charge in [0.05, 0.1) is 0 Å². The molecule has 0 nitrogen and oxygen atoms in total. The van der Waals surface area contributed by atoms with Crippen molar-refractivity contribution in [3.05, 3.63) is 28.8 Å². The van der Waals surface area contributed by atoms with E-state index in [1.54, 1.807) is 5.30 Å². The second-order valence-electron chi connectivity index (χ2n) is 5.96. The maximum Gasteiger partial charge on any atom is -0.0196 e. The summed E-state index contributed by atoms with van der Waals surface area (Å²) in [5.41, 5.74) is 5.42. The minimum atomic E-state index is 0.963. The minimum Gasteiger partial charge on any atom is -0.0866 e. The molecule has 0 bridgehead atoms. The molecule has 100 valence electrons. The molecule has 1 fully saturated rings. The first kappa shape index (κ1) is 14.1. The van der Waals surface area contributed by atoms with Crippen LogP contribution in [0.2, 0.25) is 0 Å². The van der Waals surface area contributed by atoms with Gasteiger partial charge >= 0.3 is 0 Å². The van der Waals surface area contributed by atoms with Gasteiger partial charge in [0.1, 0.15) is 0 Å². The Morgan fingerprint density at radius 1 is 0.833 bits per heavy atom. The molecular formula is C17H27P. The van der Waals surface area contributed by atoms with Crippen molar-refractivity contribution >= 4 is 13.9 Å². The molecule has 0 amide bonds. The maximum absolute atomic E-state index is 2.36. The minimum absolute atomic E-state index is 0.963. The second-order valence-corrected chi connectivity index (χ2v) is 7.57. The Morgan fingerprint density at radius 2 is 1.33 bits per heavy atom. The highest BCUT2D eigenvalue weighted by molar-refractivity contribution is 7.48. The Morgan fingerprint density at radius 3 is 1.89 bits per heavy atom. The van der Waals surface area contributed by atoms with Gasteiger partial charge < -0.3 is 0 Å². The van der Waals surface area contributed by atoms with Crippen molar-refractivity contribution in [3.63, 3.8) is 0 Å². The van der Waals surface area contributed by atoms with Crippen LogP contribution in [-0.4, -0.2) is 5.66 Å². The molecule has 1 aliphatic rings. The fourth-order valence-corrected chi connectivity index (χ4v) is 4.92. The zero-order valence-electron chi connectivity index (χ0n) is 12.2. The van der Waals surface area contributed by atoms with E-state index in [0.717, 1.165) is 14.2 Å². The molecule has 0 aromatic heterocycles. The average Bonchev–Trinajstić information content (AvgIpc) is 2.25. The third-order valence-electron chi connectivity index (χ3n) is 4.13. The van der Waals surface area contributed by atoms with Crippen LogP contribution >= 0.6 is 8.58 Å². The fraction of sp³-hybridized carbons (Fsp3) is 0.647. The number of aryl methyl sites for hydroxylation is 3. The van der Waals surface area contributed by atoms with Crippen molar-refractivity contribution in [2.45, 2.75) is 71.4 Å². The molecule has 1 atom stereocenters. The molecule has 1 heteroatoms. The molecule has 0 N–H and O–H groups in total. The Labute approximate surface area is 114 Å². The van der Waals surface area contributed by atoms with Crippen LogP contribution < -0.4 is 5.30 Å². The van der Waals surface area contributed by atoms with Gasteiger partial charge in [-0.3, -0.25) is 0 Å². The Balaban J connectivity index is 2.07. The standard InChI is InChI=1S/C17H27P/c1-13-11-14(2)17(15(3)12-13)18-16-9-7-5-4-6-8-10-16/h11-12,16,18H,4-10H2,1-3H3. The first-order valence-corrected chi connectivity index (χ1v) is 8.59. The van der Waals surface area contributed by atoms with Crippen LogP contribution in [0.15, 0.2) is 12.1 Å². The summed E-state index contributed by atoms with van der Waals surface area (Å²) in [5, 5.41) is 1.66. The summed E-state index contributed by atoms with van der Waals surface area (Å²) < 4.78 is 0. The lowest BCUT2D eigenvalue weighted by Crippen LogP contribution is -2.13. The Bertz CT molecular complexity index is 364. The van der Waals surface area contributed by atoms with Crippen LogP contribution in [0.1, 0.15) is 61.6 Å². The van der Waals surface area contributed by atoms with Gasteiger partial charge in [0.25, 0.3) is 0 Å². The predicted molar refractivity (Wildman–Crippen MR) is 84.7 cm³/mol. The molecule has 1 aromatic rings. The van der Waals surface area contributed by atoms with Crippen LogP contribution in [0.4, 0.5) is 0 Å². The first-order chi connectivity index (χ1) is 8.66. The summed E-state index contributed by atoms with van der Waals surface area (Å²) in [4.78, 5) is 0. The maximum atomic E-state index is 2.36. The van der Waals surface area contributed by atoms with E-state index in [4.69, 9.17) is 0 Å². The summed E-state index contributed by atoms with van der Waals surface area (Å²) in [6.07, 6.45) is 10.2. The number of benzene rings is 1. The molecule has 0 heterocycles. The lowest BCUT2D eigenvalue weighted by atomic mass is 10.0. The lowest BCUT2D eigenvalue weighted by molar-refractivity contribution is 0.512. The summed E-state index contributed by atoms with van der Waals surface area (Å²) in [6.45, 7) is 6.80. The van der Waals surface area contributed by atoms with Crippen molar-refractivity contribution in [3.8, 4) is 0 Å². The highest BCUT2D eigenvalue weighted by Gasteiger charge is 2.14. The molecule has 0 saturated heterocycles. The van der Waals surface area contributed by atoms with Crippen LogP contribution in [-0.2, 0) is 0 Å². The normalized spacial score (nSPS) is 19.1. The third kappa shape index (κ3) is 3.82. The number of hydrogen-bond donors (Lipinski definition) is 0. The SMILES string of the molecule is Cc1cc(C)c(PC2CCCCCCC2)c(C)c1. The fourth-order valence-electron chi connectivity index (χ4n) is 3.21. The molecule has 1 aliphatic carbocycles. The van der Waals surface area contributed by atoms with Gasteiger partial charge in [0, 0.05) is 0 Å². The molecule has 1 aromatic carbocycles. The zero-order chi connectivity index (χ0) is 13.0. The van der Waals surface area contributed by atoms with Crippen molar-refractivity contribution in [2.75, 3.05) is 0 Å². The largest absolute Gasteiger partial charge is 0.0866 e. The summed E-state index contributed by atoms with van der Waals surface area (Å²) >= 11 is 0. The van der Waals surface area contributed by atoms with Crippen molar-refractivity contribution < 1.29 is 0 Å². The molecule has 0 aliphatic heterocycles. The third-order valence-corrected chi connectivity index (χ3v) is 6.19. The van der Waals surface area contributed by atoms with E-state index >= 15 is 0 Å². The first-order valence-electron chi connectivity index (χ1n) is 7.51. The van der Waals surface area contributed by atoms with Crippen molar-refractivity contribution in [2.24, 2.45) is 0 Å². The Kier molecular flexibility index (Phi) is 5.25. The quantitative estimate of drug-likeness (QED) is 0.656. The van der Waals surface area contributed by atoms with Gasteiger partial charge in [-0.2, -0.15) is 0 Å². The Hall–Kier alpha value is -0.350. The van der Waals surface area contributed by atoms with Crippen LogP contribution in [0.5, 0.6) is 0 Å².